The van der Waals surface area contributed by atoms with Crippen LogP contribution in [0.2, 0.25) is 0 Å². The van der Waals surface area contributed by atoms with E-state index in [1.807, 2.05) is 0 Å². The summed E-state index contributed by atoms with van der Waals surface area (Å²) in [5, 5.41) is 8.72. The SMILES string of the molecule is O=C1CCC(CF)(C(=O)O)CC1. The van der Waals surface area contributed by atoms with Crippen LogP contribution in [-0.4, -0.2) is 23.5 Å². The van der Waals surface area contributed by atoms with Crippen LogP contribution < -0.4 is 0 Å². The van der Waals surface area contributed by atoms with Crippen LogP contribution in [0.4, 0.5) is 4.39 Å². The van der Waals surface area contributed by atoms with Gasteiger partial charge in [-0.2, -0.15) is 0 Å². The maximum atomic E-state index is 12.4. The number of carbonyl (C=O) groups is 2. The van der Waals surface area contributed by atoms with E-state index in [2.05, 4.69) is 0 Å². The lowest BCUT2D eigenvalue weighted by Gasteiger charge is -2.29. The number of alkyl halides is 1. The molecule has 1 rings (SSSR count). The first-order valence-corrected chi connectivity index (χ1v) is 3.92. The van der Waals surface area contributed by atoms with Crippen molar-refractivity contribution in [1.82, 2.24) is 0 Å². The van der Waals surface area contributed by atoms with Gasteiger partial charge in [0.1, 0.15) is 12.5 Å². The summed E-state index contributed by atoms with van der Waals surface area (Å²) in [6, 6.07) is 0. The lowest BCUT2D eigenvalue weighted by molar-refractivity contribution is -0.153. The van der Waals surface area contributed by atoms with E-state index in [0.29, 0.717) is 0 Å². The van der Waals surface area contributed by atoms with E-state index in [-0.39, 0.29) is 31.5 Å². The Morgan fingerprint density at radius 3 is 2.33 bits per heavy atom. The molecular formula is C8H11FO3. The average molecular weight is 174 g/mol. The third kappa shape index (κ3) is 1.47. The molecule has 0 aromatic rings. The van der Waals surface area contributed by atoms with E-state index in [4.69, 9.17) is 5.11 Å². The van der Waals surface area contributed by atoms with Gasteiger partial charge in [-0.3, -0.25) is 9.59 Å². The zero-order valence-electron chi connectivity index (χ0n) is 6.68. The van der Waals surface area contributed by atoms with Crippen LogP contribution in [0.25, 0.3) is 0 Å². The van der Waals surface area contributed by atoms with Crippen molar-refractivity contribution in [2.45, 2.75) is 25.7 Å². The molecule has 4 heteroatoms. The third-order valence-electron chi connectivity index (χ3n) is 2.47. The van der Waals surface area contributed by atoms with E-state index < -0.39 is 18.1 Å². The van der Waals surface area contributed by atoms with Crippen molar-refractivity contribution in [2.24, 2.45) is 5.41 Å². The fraction of sp³-hybridized carbons (Fsp3) is 0.750. The maximum Gasteiger partial charge on any atom is 0.312 e. The van der Waals surface area contributed by atoms with Crippen molar-refractivity contribution < 1.29 is 19.1 Å². The molecule has 3 nitrogen and oxygen atoms in total. The molecule has 0 radical (unpaired) electrons. The number of halogens is 1. The molecule has 0 aliphatic heterocycles. The standard InChI is InChI=1S/C8H11FO3/c9-5-8(7(11)12)3-1-6(10)2-4-8/h1-5H2,(H,11,12). The fourth-order valence-electron chi connectivity index (χ4n) is 1.41. The normalized spacial score (nSPS) is 22.2. The van der Waals surface area contributed by atoms with Crippen molar-refractivity contribution in [3.05, 3.63) is 0 Å². The highest BCUT2D eigenvalue weighted by atomic mass is 19.1. The van der Waals surface area contributed by atoms with Gasteiger partial charge in [-0.15, -0.1) is 0 Å². The summed E-state index contributed by atoms with van der Waals surface area (Å²) >= 11 is 0. The van der Waals surface area contributed by atoms with E-state index in [9.17, 15) is 14.0 Å². The second kappa shape index (κ2) is 3.21. The van der Waals surface area contributed by atoms with Gasteiger partial charge in [0.15, 0.2) is 0 Å². The summed E-state index contributed by atoms with van der Waals surface area (Å²) in [7, 11) is 0. The largest absolute Gasteiger partial charge is 0.481 e. The monoisotopic (exact) mass is 174 g/mol. The third-order valence-corrected chi connectivity index (χ3v) is 2.47. The second-order valence-corrected chi connectivity index (χ2v) is 3.26. The Bertz CT molecular complexity index is 202. The number of hydrogen-bond acceptors (Lipinski definition) is 2. The Hall–Kier alpha value is -0.930. The van der Waals surface area contributed by atoms with Gasteiger partial charge in [-0.05, 0) is 12.8 Å². The zero-order valence-corrected chi connectivity index (χ0v) is 6.68. The molecule has 0 bridgehead atoms. The molecule has 0 aromatic carbocycles. The Balaban J connectivity index is 2.69. The average Bonchev–Trinajstić information content (AvgIpc) is 2.06. The summed E-state index contributed by atoms with van der Waals surface area (Å²) in [5.74, 6) is -1.07. The minimum atomic E-state index is -1.27. The van der Waals surface area contributed by atoms with Crippen molar-refractivity contribution in [3.63, 3.8) is 0 Å². The van der Waals surface area contributed by atoms with Crippen LogP contribution in [-0.2, 0) is 9.59 Å². The molecule has 0 spiro atoms. The van der Waals surface area contributed by atoms with Gasteiger partial charge in [-0.1, -0.05) is 0 Å². The van der Waals surface area contributed by atoms with Crippen LogP contribution in [0.5, 0.6) is 0 Å². The number of hydrogen-bond donors (Lipinski definition) is 1. The minimum Gasteiger partial charge on any atom is -0.481 e. The lowest BCUT2D eigenvalue weighted by Crippen LogP contribution is -2.37. The first kappa shape index (κ1) is 9.16. The number of carbonyl (C=O) groups excluding carboxylic acids is 1. The highest BCUT2D eigenvalue weighted by Crippen LogP contribution is 2.35. The van der Waals surface area contributed by atoms with Crippen LogP contribution in [0.3, 0.4) is 0 Å². The summed E-state index contributed by atoms with van der Waals surface area (Å²) in [6.07, 6.45) is 0.710. The molecule has 0 atom stereocenters. The Labute approximate surface area is 69.6 Å². The molecule has 1 fully saturated rings. The molecule has 12 heavy (non-hydrogen) atoms. The predicted octanol–water partition coefficient (Wildman–Crippen LogP) is 1.17. The molecule has 0 saturated heterocycles. The topological polar surface area (TPSA) is 54.4 Å². The molecule has 1 N–H and O–H groups in total. The molecule has 0 unspecified atom stereocenters. The second-order valence-electron chi connectivity index (χ2n) is 3.26. The fourth-order valence-corrected chi connectivity index (χ4v) is 1.41. The molecule has 1 aliphatic carbocycles. The van der Waals surface area contributed by atoms with Crippen molar-refractivity contribution >= 4 is 11.8 Å². The van der Waals surface area contributed by atoms with Gasteiger partial charge in [0.05, 0.1) is 5.41 Å². The summed E-state index contributed by atoms with van der Waals surface area (Å²) in [4.78, 5) is 21.4. The molecule has 1 aliphatic rings. The van der Waals surface area contributed by atoms with Gasteiger partial charge in [-0.25, -0.2) is 4.39 Å². The molecule has 0 aromatic heterocycles. The van der Waals surface area contributed by atoms with Crippen LogP contribution in [0, 0.1) is 5.41 Å². The number of ketones is 1. The van der Waals surface area contributed by atoms with E-state index >= 15 is 0 Å². The molecule has 68 valence electrons. The first-order valence-electron chi connectivity index (χ1n) is 3.92. The number of rotatable bonds is 2. The maximum absolute atomic E-state index is 12.4. The molecule has 1 saturated carbocycles. The van der Waals surface area contributed by atoms with Crippen molar-refractivity contribution in [1.29, 1.82) is 0 Å². The first-order chi connectivity index (χ1) is 5.60. The lowest BCUT2D eigenvalue weighted by atomic mass is 9.75. The molecule has 0 amide bonds. The summed E-state index contributed by atoms with van der Waals surface area (Å²) in [6.45, 7) is -0.865. The van der Waals surface area contributed by atoms with Gasteiger partial charge in [0, 0.05) is 12.8 Å². The smallest absolute Gasteiger partial charge is 0.312 e. The summed E-state index contributed by atoms with van der Waals surface area (Å²) in [5.41, 5.74) is -1.27. The van der Waals surface area contributed by atoms with Gasteiger partial charge in [0.2, 0.25) is 0 Å². The molecular weight excluding hydrogens is 163 g/mol. The molecule has 0 heterocycles. The number of carboxylic acid groups (broad SMARTS) is 1. The van der Waals surface area contributed by atoms with E-state index in [0.717, 1.165) is 0 Å². The van der Waals surface area contributed by atoms with Crippen molar-refractivity contribution in [3.8, 4) is 0 Å². The van der Waals surface area contributed by atoms with E-state index in [1.165, 1.54) is 0 Å². The Morgan fingerprint density at radius 1 is 1.50 bits per heavy atom. The quantitative estimate of drug-likeness (QED) is 0.683. The van der Waals surface area contributed by atoms with Crippen molar-refractivity contribution in [2.75, 3.05) is 6.67 Å². The number of aliphatic carboxylic acids is 1. The Kier molecular flexibility index (Phi) is 2.45. The van der Waals surface area contributed by atoms with Crippen LogP contribution in [0.15, 0.2) is 0 Å². The highest BCUT2D eigenvalue weighted by Gasteiger charge is 2.41. The highest BCUT2D eigenvalue weighted by molar-refractivity contribution is 5.83. The number of carboxylic acids is 1. The summed E-state index contributed by atoms with van der Waals surface area (Å²) < 4.78 is 12.4. The van der Waals surface area contributed by atoms with Gasteiger partial charge < -0.3 is 5.11 Å². The Morgan fingerprint density at radius 2 is 2.00 bits per heavy atom. The van der Waals surface area contributed by atoms with Crippen LogP contribution in [0.1, 0.15) is 25.7 Å². The van der Waals surface area contributed by atoms with E-state index in [1.54, 1.807) is 0 Å². The van der Waals surface area contributed by atoms with Gasteiger partial charge >= 0.3 is 5.97 Å². The number of Topliss-reactive ketones (excluding diaryl/α,β-unsaturated/α-hetero) is 1. The predicted molar refractivity (Wildman–Crippen MR) is 39.5 cm³/mol. The zero-order chi connectivity index (χ0) is 9.19. The van der Waals surface area contributed by atoms with Gasteiger partial charge in [0.25, 0.3) is 0 Å². The minimum absolute atomic E-state index is 0.0420. The van der Waals surface area contributed by atoms with Crippen LogP contribution >= 0.6 is 0 Å².